The van der Waals surface area contributed by atoms with Gasteiger partial charge in [0.25, 0.3) is 5.91 Å². The van der Waals surface area contributed by atoms with Gasteiger partial charge in [0.2, 0.25) is 12.7 Å². The minimum Gasteiger partial charge on any atom is -0.454 e. The van der Waals surface area contributed by atoms with E-state index in [0.29, 0.717) is 41.3 Å². The number of anilines is 2. The van der Waals surface area contributed by atoms with Crippen LogP contribution in [0.1, 0.15) is 22.3 Å². The number of hydrogen-bond donors (Lipinski definition) is 2. The Bertz CT molecular complexity index is 940. The SMILES string of the molecule is O=C(COC(=O)c1ccc2c(c1)CCC(=O)N2)Nc1ccc2c(c1)OCO2. The first-order valence-electron chi connectivity index (χ1n) is 8.38. The van der Waals surface area contributed by atoms with Gasteiger partial charge >= 0.3 is 5.97 Å². The van der Waals surface area contributed by atoms with Crippen molar-refractivity contribution in [2.45, 2.75) is 12.8 Å². The first-order chi connectivity index (χ1) is 13.1. The summed E-state index contributed by atoms with van der Waals surface area (Å²) in [5, 5.41) is 5.38. The van der Waals surface area contributed by atoms with Crippen LogP contribution in [0.5, 0.6) is 11.5 Å². The monoisotopic (exact) mass is 368 g/mol. The lowest BCUT2D eigenvalue weighted by atomic mass is 10.0. The normalized spacial score (nSPS) is 14.1. The lowest BCUT2D eigenvalue weighted by molar-refractivity contribution is -0.119. The number of aryl methyl sites for hydroxylation is 1. The van der Waals surface area contributed by atoms with Crippen molar-refractivity contribution in [2.75, 3.05) is 24.0 Å². The summed E-state index contributed by atoms with van der Waals surface area (Å²) >= 11 is 0. The van der Waals surface area contributed by atoms with Crippen LogP contribution < -0.4 is 20.1 Å². The molecule has 2 aromatic carbocycles. The highest BCUT2D eigenvalue weighted by molar-refractivity contribution is 5.97. The minimum absolute atomic E-state index is 0.0435. The number of carbonyl (C=O) groups excluding carboxylic acids is 3. The van der Waals surface area contributed by atoms with E-state index < -0.39 is 18.5 Å². The van der Waals surface area contributed by atoms with E-state index in [0.717, 1.165) is 5.56 Å². The van der Waals surface area contributed by atoms with Crippen LogP contribution in [-0.2, 0) is 20.7 Å². The molecule has 0 fully saturated rings. The van der Waals surface area contributed by atoms with Gasteiger partial charge in [0.1, 0.15) is 0 Å². The molecule has 2 aliphatic heterocycles. The lowest BCUT2D eigenvalue weighted by Gasteiger charge is -2.17. The molecular formula is C19H16N2O6. The molecule has 138 valence electrons. The van der Waals surface area contributed by atoms with Crippen LogP contribution in [0.3, 0.4) is 0 Å². The van der Waals surface area contributed by atoms with Gasteiger partial charge in [-0.25, -0.2) is 4.79 Å². The van der Waals surface area contributed by atoms with E-state index in [1.54, 1.807) is 36.4 Å². The summed E-state index contributed by atoms with van der Waals surface area (Å²) in [5.74, 6) is 0.0509. The third kappa shape index (κ3) is 3.69. The second kappa shape index (κ2) is 6.99. The van der Waals surface area contributed by atoms with Crippen LogP contribution >= 0.6 is 0 Å². The molecule has 0 radical (unpaired) electrons. The summed E-state index contributed by atoms with van der Waals surface area (Å²) in [7, 11) is 0. The molecule has 0 saturated carbocycles. The number of fused-ring (bicyclic) bond motifs is 2. The maximum Gasteiger partial charge on any atom is 0.338 e. The van der Waals surface area contributed by atoms with Gasteiger partial charge in [-0.1, -0.05) is 0 Å². The van der Waals surface area contributed by atoms with Crippen molar-refractivity contribution in [1.82, 2.24) is 0 Å². The van der Waals surface area contributed by atoms with Gasteiger partial charge in [0.15, 0.2) is 18.1 Å². The van der Waals surface area contributed by atoms with Crippen LogP contribution in [0.4, 0.5) is 11.4 Å². The minimum atomic E-state index is -0.601. The average molecular weight is 368 g/mol. The summed E-state index contributed by atoms with van der Waals surface area (Å²) in [6.45, 7) is -0.268. The van der Waals surface area contributed by atoms with Crippen LogP contribution in [-0.4, -0.2) is 31.2 Å². The second-order valence-corrected chi connectivity index (χ2v) is 6.11. The number of esters is 1. The Hall–Kier alpha value is -3.55. The van der Waals surface area contributed by atoms with Crippen LogP contribution in [0.15, 0.2) is 36.4 Å². The van der Waals surface area contributed by atoms with Gasteiger partial charge in [-0.15, -0.1) is 0 Å². The number of hydrogen-bond acceptors (Lipinski definition) is 6. The maximum atomic E-state index is 12.2. The smallest absolute Gasteiger partial charge is 0.338 e. The molecule has 0 aliphatic carbocycles. The summed E-state index contributed by atoms with van der Waals surface area (Å²) in [4.78, 5) is 35.6. The zero-order valence-electron chi connectivity index (χ0n) is 14.2. The molecule has 0 spiro atoms. The van der Waals surface area contributed by atoms with E-state index in [-0.39, 0.29) is 12.7 Å². The van der Waals surface area contributed by atoms with Crippen LogP contribution in [0, 0.1) is 0 Å². The van der Waals surface area contributed by atoms with Gasteiger partial charge in [-0.3, -0.25) is 9.59 Å². The highest BCUT2D eigenvalue weighted by Gasteiger charge is 2.18. The van der Waals surface area contributed by atoms with Crippen LogP contribution in [0.2, 0.25) is 0 Å². The largest absolute Gasteiger partial charge is 0.454 e. The highest BCUT2D eigenvalue weighted by Crippen LogP contribution is 2.34. The lowest BCUT2D eigenvalue weighted by Crippen LogP contribution is -2.22. The predicted molar refractivity (Wildman–Crippen MR) is 94.9 cm³/mol. The Labute approximate surface area is 154 Å². The molecule has 0 atom stereocenters. The summed E-state index contributed by atoms with van der Waals surface area (Å²) in [5.41, 5.74) is 2.42. The summed E-state index contributed by atoms with van der Waals surface area (Å²) in [6.07, 6.45) is 0.941. The molecule has 4 rings (SSSR count). The standard InChI is InChI=1S/C19H16N2O6/c22-17-6-2-11-7-12(1-4-14(11)21-17)19(24)25-9-18(23)20-13-3-5-15-16(8-13)27-10-26-15/h1,3-5,7-8H,2,6,9-10H2,(H,20,23)(H,21,22). The van der Waals surface area contributed by atoms with Crippen molar-refractivity contribution in [1.29, 1.82) is 0 Å². The van der Waals surface area contributed by atoms with Crippen molar-refractivity contribution >= 4 is 29.2 Å². The van der Waals surface area contributed by atoms with Gasteiger partial charge in [-0.05, 0) is 42.3 Å². The van der Waals surface area contributed by atoms with Gasteiger partial charge in [-0.2, -0.15) is 0 Å². The quantitative estimate of drug-likeness (QED) is 0.801. The van der Waals surface area contributed by atoms with E-state index in [1.807, 2.05) is 0 Å². The van der Waals surface area contributed by atoms with Gasteiger partial charge in [0.05, 0.1) is 5.56 Å². The van der Waals surface area contributed by atoms with E-state index in [9.17, 15) is 14.4 Å². The topological polar surface area (TPSA) is 103 Å². The number of benzene rings is 2. The molecule has 0 unspecified atom stereocenters. The van der Waals surface area contributed by atoms with Crippen molar-refractivity contribution in [3.63, 3.8) is 0 Å². The Balaban J connectivity index is 1.33. The predicted octanol–water partition coefficient (Wildman–Crippen LogP) is 2.10. The molecular weight excluding hydrogens is 352 g/mol. The summed E-state index contributed by atoms with van der Waals surface area (Å²) in [6, 6.07) is 9.89. The molecule has 8 nitrogen and oxygen atoms in total. The molecule has 0 saturated heterocycles. The maximum absolute atomic E-state index is 12.2. The highest BCUT2D eigenvalue weighted by atomic mass is 16.7. The zero-order chi connectivity index (χ0) is 18.8. The number of rotatable bonds is 4. The molecule has 2 heterocycles. The average Bonchev–Trinajstić information content (AvgIpc) is 3.13. The van der Waals surface area contributed by atoms with Crippen molar-refractivity contribution in [3.05, 3.63) is 47.5 Å². The first-order valence-corrected chi connectivity index (χ1v) is 8.38. The summed E-state index contributed by atoms with van der Waals surface area (Å²) < 4.78 is 15.5. The fraction of sp³-hybridized carbons (Fsp3) is 0.211. The van der Waals surface area contributed by atoms with Gasteiger partial charge in [0, 0.05) is 23.9 Å². The number of nitrogens with one attached hydrogen (secondary N) is 2. The Morgan fingerprint density at radius 1 is 1.07 bits per heavy atom. The fourth-order valence-electron chi connectivity index (χ4n) is 2.90. The van der Waals surface area contributed by atoms with Gasteiger partial charge < -0.3 is 24.8 Å². The van der Waals surface area contributed by atoms with E-state index >= 15 is 0 Å². The molecule has 2 aliphatic rings. The fourth-order valence-corrected chi connectivity index (χ4v) is 2.90. The Kier molecular flexibility index (Phi) is 4.37. The van der Waals surface area contributed by atoms with E-state index in [4.69, 9.17) is 14.2 Å². The number of carbonyl (C=O) groups is 3. The second-order valence-electron chi connectivity index (χ2n) is 6.11. The van der Waals surface area contributed by atoms with Crippen LogP contribution in [0.25, 0.3) is 0 Å². The Morgan fingerprint density at radius 3 is 2.81 bits per heavy atom. The third-order valence-electron chi connectivity index (χ3n) is 4.23. The molecule has 2 N–H and O–H groups in total. The van der Waals surface area contributed by atoms with E-state index in [1.165, 1.54) is 0 Å². The number of amides is 2. The molecule has 27 heavy (non-hydrogen) atoms. The van der Waals surface area contributed by atoms with Crippen molar-refractivity contribution < 1.29 is 28.6 Å². The molecule has 0 bridgehead atoms. The van der Waals surface area contributed by atoms with Crippen molar-refractivity contribution in [2.24, 2.45) is 0 Å². The Morgan fingerprint density at radius 2 is 1.93 bits per heavy atom. The molecule has 2 aromatic rings. The van der Waals surface area contributed by atoms with E-state index in [2.05, 4.69) is 10.6 Å². The zero-order valence-corrected chi connectivity index (χ0v) is 14.2. The number of ether oxygens (including phenoxy) is 3. The first kappa shape index (κ1) is 16.9. The van der Waals surface area contributed by atoms with Crippen molar-refractivity contribution in [3.8, 4) is 11.5 Å². The molecule has 0 aromatic heterocycles. The molecule has 8 heteroatoms. The third-order valence-corrected chi connectivity index (χ3v) is 4.23. The molecule has 2 amide bonds.